The van der Waals surface area contributed by atoms with Crippen LogP contribution in [0.2, 0.25) is 0 Å². The molecule has 0 spiro atoms. The summed E-state index contributed by atoms with van der Waals surface area (Å²) in [5, 5.41) is 13.8. The van der Waals surface area contributed by atoms with Gasteiger partial charge in [-0.15, -0.1) is 0 Å². The molecule has 84 valence electrons. The van der Waals surface area contributed by atoms with Crippen LogP contribution in [0.15, 0.2) is 12.4 Å². The van der Waals surface area contributed by atoms with Crippen LogP contribution in [-0.4, -0.2) is 27.7 Å². The van der Waals surface area contributed by atoms with Gasteiger partial charge >= 0.3 is 0 Å². The van der Waals surface area contributed by atoms with Gasteiger partial charge in [-0.2, -0.15) is 0 Å². The van der Waals surface area contributed by atoms with Crippen molar-refractivity contribution in [3.8, 4) is 0 Å². The molecule has 1 heterocycles. The van der Waals surface area contributed by atoms with Crippen LogP contribution >= 0.6 is 0 Å². The third-order valence-corrected chi connectivity index (χ3v) is 3.46. The van der Waals surface area contributed by atoms with Crippen LogP contribution < -0.4 is 5.32 Å². The van der Waals surface area contributed by atoms with E-state index in [-0.39, 0.29) is 0 Å². The quantitative estimate of drug-likeness (QED) is 0.756. The van der Waals surface area contributed by atoms with Crippen molar-refractivity contribution in [1.82, 2.24) is 14.9 Å². The molecule has 15 heavy (non-hydrogen) atoms. The molecule has 1 aromatic rings. The summed E-state index contributed by atoms with van der Waals surface area (Å²) in [6.45, 7) is 0. The van der Waals surface area contributed by atoms with Gasteiger partial charge < -0.3 is 15.0 Å². The number of hydrogen-bond donors (Lipinski definition) is 2. The van der Waals surface area contributed by atoms with E-state index in [0.717, 1.165) is 31.5 Å². The lowest BCUT2D eigenvalue weighted by molar-refractivity contribution is -0.0178. The third-order valence-electron chi connectivity index (χ3n) is 3.46. The Labute approximate surface area is 90.3 Å². The molecule has 2 N–H and O–H groups in total. The van der Waals surface area contributed by atoms with Gasteiger partial charge in [0.05, 0.1) is 0 Å². The van der Waals surface area contributed by atoms with Crippen molar-refractivity contribution in [3.63, 3.8) is 0 Å². The second-order valence-electron chi connectivity index (χ2n) is 4.46. The fourth-order valence-corrected chi connectivity index (χ4v) is 2.42. The first-order valence-corrected chi connectivity index (χ1v) is 5.53. The number of rotatable bonds is 2. The Morgan fingerprint density at radius 1 is 1.53 bits per heavy atom. The first kappa shape index (κ1) is 10.6. The molecule has 1 fully saturated rings. The van der Waals surface area contributed by atoms with Gasteiger partial charge in [0, 0.05) is 25.5 Å². The van der Waals surface area contributed by atoms with Crippen LogP contribution in [0.5, 0.6) is 0 Å². The summed E-state index contributed by atoms with van der Waals surface area (Å²) in [5.41, 5.74) is -0.717. The predicted octanol–water partition coefficient (Wildman–Crippen LogP) is 0.770. The molecule has 0 atom stereocenters. The third kappa shape index (κ3) is 1.92. The van der Waals surface area contributed by atoms with Crippen molar-refractivity contribution < 1.29 is 5.11 Å². The van der Waals surface area contributed by atoms with Crippen LogP contribution in [0.3, 0.4) is 0 Å². The predicted molar refractivity (Wildman–Crippen MR) is 58.4 cm³/mol. The summed E-state index contributed by atoms with van der Waals surface area (Å²) < 4.78 is 1.92. The molecular weight excluding hydrogens is 190 g/mol. The molecule has 1 aliphatic rings. The number of nitrogens with zero attached hydrogens (tertiary/aromatic N) is 2. The highest BCUT2D eigenvalue weighted by molar-refractivity contribution is 5.06. The second-order valence-corrected chi connectivity index (χ2v) is 4.46. The largest absolute Gasteiger partial charge is 0.382 e. The van der Waals surface area contributed by atoms with Gasteiger partial charge in [0.15, 0.2) is 0 Å². The highest BCUT2D eigenvalue weighted by atomic mass is 16.3. The minimum Gasteiger partial charge on any atom is -0.382 e. The second kappa shape index (κ2) is 3.94. The van der Waals surface area contributed by atoms with Crippen molar-refractivity contribution in [3.05, 3.63) is 18.2 Å². The van der Waals surface area contributed by atoms with Crippen molar-refractivity contribution in [1.29, 1.82) is 0 Å². The number of hydrogen-bond acceptors (Lipinski definition) is 3. The zero-order valence-electron chi connectivity index (χ0n) is 9.40. The number of imidazole rings is 1. The number of nitrogens with one attached hydrogen (secondary N) is 1. The molecule has 4 heteroatoms. The van der Waals surface area contributed by atoms with E-state index in [9.17, 15) is 5.11 Å². The molecular formula is C11H19N3O. The average Bonchev–Trinajstić information content (AvgIpc) is 2.66. The Kier molecular flexibility index (Phi) is 2.80. The van der Waals surface area contributed by atoms with Crippen molar-refractivity contribution in [2.45, 2.75) is 37.3 Å². The van der Waals surface area contributed by atoms with Crippen LogP contribution in [0.25, 0.3) is 0 Å². The van der Waals surface area contributed by atoms with E-state index in [2.05, 4.69) is 10.3 Å². The fourth-order valence-electron chi connectivity index (χ4n) is 2.42. The fraction of sp³-hybridized carbons (Fsp3) is 0.727. The van der Waals surface area contributed by atoms with E-state index in [1.165, 1.54) is 0 Å². The van der Waals surface area contributed by atoms with Gasteiger partial charge in [-0.3, -0.25) is 0 Å². The van der Waals surface area contributed by atoms with Gasteiger partial charge in [-0.25, -0.2) is 4.98 Å². The lowest BCUT2D eigenvalue weighted by atomic mass is 9.81. The van der Waals surface area contributed by atoms with E-state index < -0.39 is 5.60 Å². The van der Waals surface area contributed by atoms with Crippen LogP contribution in [0.4, 0.5) is 0 Å². The summed E-state index contributed by atoms with van der Waals surface area (Å²) in [7, 11) is 3.92. The topological polar surface area (TPSA) is 50.1 Å². The normalized spacial score (nSPS) is 31.8. The molecule has 0 aromatic carbocycles. The van der Waals surface area contributed by atoms with E-state index in [1.807, 2.05) is 24.9 Å². The smallest absolute Gasteiger partial charge is 0.140 e. The summed E-state index contributed by atoms with van der Waals surface area (Å²) >= 11 is 0. The molecule has 1 saturated carbocycles. The molecule has 0 amide bonds. The Hall–Kier alpha value is -0.870. The molecule has 4 nitrogen and oxygen atoms in total. The standard InChI is InChI=1S/C11H19N3O/c1-12-9-3-5-11(15,6-4-9)10-13-7-8-14(10)2/h7-9,12,15H,3-6H2,1-2H3. The average molecular weight is 209 g/mol. The minimum absolute atomic E-state index is 0.547. The minimum atomic E-state index is -0.717. The van der Waals surface area contributed by atoms with Crippen LogP contribution in [0, 0.1) is 0 Å². The summed E-state index contributed by atoms with van der Waals surface area (Å²) in [4.78, 5) is 4.25. The van der Waals surface area contributed by atoms with Crippen LogP contribution in [-0.2, 0) is 12.6 Å². The Balaban J connectivity index is 2.13. The summed E-state index contributed by atoms with van der Waals surface area (Å²) in [6.07, 6.45) is 7.25. The van der Waals surface area contributed by atoms with E-state index in [0.29, 0.717) is 6.04 Å². The summed E-state index contributed by atoms with van der Waals surface area (Å²) in [5.74, 6) is 0.803. The molecule has 2 rings (SSSR count). The maximum Gasteiger partial charge on any atom is 0.140 e. The zero-order valence-corrected chi connectivity index (χ0v) is 9.40. The molecule has 0 aliphatic heterocycles. The summed E-state index contributed by atoms with van der Waals surface area (Å²) in [6, 6.07) is 0.547. The van der Waals surface area contributed by atoms with Gasteiger partial charge in [0.2, 0.25) is 0 Å². The lowest BCUT2D eigenvalue weighted by Gasteiger charge is -2.35. The van der Waals surface area contributed by atoms with Gasteiger partial charge in [-0.05, 0) is 32.7 Å². The lowest BCUT2D eigenvalue weighted by Crippen LogP contribution is -2.39. The van der Waals surface area contributed by atoms with Crippen LogP contribution in [0.1, 0.15) is 31.5 Å². The number of aryl methyl sites for hydroxylation is 1. The Bertz CT molecular complexity index is 326. The van der Waals surface area contributed by atoms with Gasteiger partial charge in [0.25, 0.3) is 0 Å². The van der Waals surface area contributed by atoms with E-state index in [1.54, 1.807) is 6.20 Å². The van der Waals surface area contributed by atoms with E-state index in [4.69, 9.17) is 0 Å². The molecule has 0 unspecified atom stereocenters. The zero-order chi connectivity index (χ0) is 10.9. The van der Waals surface area contributed by atoms with Crippen molar-refractivity contribution >= 4 is 0 Å². The Morgan fingerprint density at radius 2 is 2.20 bits per heavy atom. The van der Waals surface area contributed by atoms with Crippen molar-refractivity contribution in [2.75, 3.05) is 7.05 Å². The molecule has 0 bridgehead atoms. The first-order valence-electron chi connectivity index (χ1n) is 5.53. The van der Waals surface area contributed by atoms with E-state index >= 15 is 0 Å². The number of aliphatic hydroxyl groups is 1. The first-order chi connectivity index (χ1) is 7.15. The van der Waals surface area contributed by atoms with Crippen molar-refractivity contribution in [2.24, 2.45) is 7.05 Å². The highest BCUT2D eigenvalue weighted by Crippen LogP contribution is 2.35. The van der Waals surface area contributed by atoms with Gasteiger partial charge in [-0.1, -0.05) is 0 Å². The van der Waals surface area contributed by atoms with Gasteiger partial charge in [0.1, 0.15) is 11.4 Å². The molecule has 0 radical (unpaired) electrons. The highest BCUT2D eigenvalue weighted by Gasteiger charge is 2.37. The molecule has 1 aliphatic carbocycles. The molecule has 0 saturated heterocycles. The number of aromatic nitrogens is 2. The maximum absolute atomic E-state index is 10.5. The SMILES string of the molecule is CNC1CCC(O)(c2nccn2C)CC1. The Morgan fingerprint density at radius 3 is 2.67 bits per heavy atom. The maximum atomic E-state index is 10.5. The molecule has 1 aromatic heterocycles. The monoisotopic (exact) mass is 209 g/mol.